The van der Waals surface area contributed by atoms with Gasteiger partial charge in [0.05, 0.1) is 17.4 Å². The molecule has 0 bridgehead atoms. The second-order valence-corrected chi connectivity index (χ2v) is 8.47. The molecule has 1 saturated carbocycles. The molecule has 5 rings (SSSR count). The third-order valence-corrected chi connectivity index (χ3v) is 6.61. The average Bonchev–Trinajstić information content (AvgIpc) is 3.40. The van der Waals surface area contributed by atoms with Gasteiger partial charge in [-0.05, 0) is 61.5 Å². The van der Waals surface area contributed by atoms with E-state index in [1.54, 1.807) is 18.3 Å². The van der Waals surface area contributed by atoms with Crippen molar-refractivity contribution in [3.63, 3.8) is 0 Å². The molecular weight excluding hydrogens is 395 g/mol. The maximum atomic E-state index is 14.9. The Morgan fingerprint density at radius 2 is 1.77 bits per heavy atom. The number of nitrogens with zero attached hydrogens (tertiary/aromatic N) is 3. The van der Waals surface area contributed by atoms with Crippen molar-refractivity contribution < 1.29 is 4.39 Å². The molecule has 2 atom stereocenters. The van der Waals surface area contributed by atoms with E-state index >= 15 is 0 Å². The molecule has 3 aromatic rings. The zero-order valence-electron chi connectivity index (χ0n) is 16.7. The first-order chi connectivity index (χ1) is 14.7. The van der Waals surface area contributed by atoms with Crippen molar-refractivity contribution in [2.45, 2.75) is 50.2 Å². The van der Waals surface area contributed by atoms with Gasteiger partial charge in [-0.15, -0.1) is 0 Å². The van der Waals surface area contributed by atoms with E-state index in [4.69, 9.17) is 12.2 Å². The molecule has 4 nitrogen and oxygen atoms in total. The zero-order valence-corrected chi connectivity index (χ0v) is 17.6. The second-order valence-electron chi connectivity index (χ2n) is 8.08. The molecule has 3 heterocycles. The Morgan fingerprint density at radius 3 is 2.53 bits per heavy atom. The highest BCUT2D eigenvalue weighted by Crippen LogP contribution is 2.44. The van der Waals surface area contributed by atoms with Crippen LogP contribution in [0.25, 0.3) is 0 Å². The van der Waals surface area contributed by atoms with Gasteiger partial charge in [0, 0.05) is 24.1 Å². The van der Waals surface area contributed by atoms with Crippen LogP contribution in [0.15, 0.2) is 67.0 Å². The van der Waals surface area contributed by atoms with Crippen LogP contribution in [0.5, 0.6) is 0 Å². The van der Waals surface area contributed by atoms with E-state index in [9.17, 15) is 4.39 Å². The Balaban J connectivity index is 1.63. The Labute approximate surface area is 181 Å². The van der Waals surface area contributed by atoms with Gasteiger partial charge in [-0.3, -0.25) is 4.98 Å². The Kier molecular flexibility index (Phi) is 5.25. The van der Waals surface area contributed by atoms with E-state index in [1.807, 2.05) is 29.2 Å². The number of aromatic nitrogens is 2. The van der Waals surface area contributed by atoms with Crippen LogP contribution >= 0.6 is 12.2 Å². The van der Waals surface area contributed by atoms with Crippen LogP contribution < -0.4 is 10.2 Å². The van der Waals surface area contributed by atoms with E-state index in [0.717, 1.165) is 11.4 Å². The normalized spacial score (nSPS) is 22.3. The van der Waals surface area contributed by atoms with Crippen LogP contribution in [0.1, 0.15) is 61.6 Å². The summed E-state index contributed by atoms with van der Waals surface area (Å²) in [5.74, 6) is -0.274. The molecule has 2 aromatic heterocycles. The summed E-state index contributed by atoms with van der Waals surface area (Å²) in [6.07, 6.45) is 10.1. The highest BCUT2D eigenvalue weighted by atomic mass is 32.1. The van der Waals surface area contributed by atoms with Crippen molar-refractivity contribution in [3.05, 3.63) is 84.2 Å². The maximum absolute atomic E-state index is 14.9. The summed E-state index contributed by atoms with van der Waals surface area (Å²) < 4.78 is 17.3. The number of pyridine rings is 1. The number of nitrogens with one attached hydrogen (secondary N) is 1. The predicted molar refractivity (Wildman–Crippen MR) is 121 cm³/mol. The summed E-state index contributed by atoms with van der Waals surface area (Å²) in [4.78, 5) is 6.53. The van der Waals surface area contributed by atoms with Crippen LogP contribution in [0.3, 0.4) is 0 Å². The number of para-hydroxylation sites is 1. The molecule has 0 unspecified atom stereocenters. The molecular formula is C24H25FN4S. The minimum Gasteiger partial charge on any atom is -0.351 e. The minimum absolute atomic E-state index is 0.157. The first-order valence-corrected chi connectivity index (χ1v) is 11.1. The molecule has 2 fully saturated rings. The lowest BCUT2D eigenvalue weighted by Crippen LogP contribution is -2.31. The Hall–Kier alpha value is -2.73. The van der Waals surface area contributed by atoms with E-state index in [-0.39, 0.29) is 17.9 Å². The average molecular weight is 421 g/mol. The Bertz CT molecular complexity index is 1030. The number of hydrogen-bond acceptors (Lipinski definition) is 2. The van der Waals surface area contributed by atoms with Crippen molar-refractivity contribution in [2.24, 2.45) is 0 Å². The summed E-state index contributed by atoms with van der Waals surface area (Å²) in [5, 5.41) is 3.95. The quantitative estimate of drug-likeness (QED) is 0.549. The molecule has 1 aliphatic heterocycles. The van der Waals surface area contributed by atoms with E-state index in [0.29, 0.717) is 16.8 Å². The molecule has 154 valence electrons. The first kappa shape index (κ1) is 19.2. The largest absolute Gasteiger partial charge is 0.351 e. The maximum Gasteiger partial charge on any atom is 0.174 e. The second kappa shape index (κ2) is 8.19. The van der Waals surface area contributed by atoms with Crippen LogP contribution in [-0.4, -0.2) is 14.7 Å². The third kappa shape index (κ3) is 3.39. The monoisotopic (exact) mass is 420 g/mol. The fraction of sp³-hybridized carbons (Fsp3) is 0.333. The number of benzene rings is 1. The molecule has 2 aliphatic rings. The van der Waals surface area contributed by atoms with Crippen molar-refractivity contribution in [1.29, 1.82) is 0 Å². The van der Waals surface area contributed by atoms with Crippen LogP contribution in [0.2, 0.25) is 0 Å². The molecule has 30 heavy (non-hydrogen) atoms. The van der Waals surface area contributed by atoms with Gasteiger partial charge in [-0.1, -0.05) is 37.5 Å². The predicted octanol–water partition coefficient (Wildman–Crippen LogP) is 5.70. The number of halogens is 1. The highest BCUT2D eigenvalue weighted by Gasteiger charge is 2.43. The van der Waals surface area contributed by atoms with Crippen LogP contribution in [-0.2, 0) is 0 Å². The van der Waals surface area contributed by atoms with Gasteiger partial charge in [0.25, 0.3) is 0 Å². The molecule has 1 N–H and O–H groups in total. The lowest BCUT2D eigenvalue weighted by Gasteiger charge is -2.32. The molecule has 0 amide bonds. The molecule has 0 spiro atoms. The van der Waals surface area contributed by atoms with Gasteiger partial charge in [0.1, 0.15) is 11.9 Å². The summed E-state index contributed by atoms with van der Waals surface area (Å²) in [6.45, 7) is 0. The molecule has 0 radical (unpaired) electrons. The van der Waals surface area contributed by atoms with Crippen molar-refractivity contribution in [1.82, 2.24) is 14.9 Å². The van der Waals surface area contributed by atoms with Crippen molar-refractivity contribution >= 4 is 23.0 Å². The molecule has 1 aliphatic carbocycles. The van der Waals surface area contributed by atoms with E-state index < -0.39 is 0 Å². The summed E-state index contributed by atoms with van der Waals surface area (Å²) in [7, 11) is 0. The lowest BCUT2D eigenvalue weighted by molar-refractivity contribution is 0.339. The molecule has 6 heteroatoms. The van der Waals surface area contributed by atoms with Crippen molar-refractivity contribution in [3.8, 4) is 0 Å². The van der Waals surface area contributed by atoms with E-state index in [2.05, 4.69) is 33.2 Å². The zero-order chi connectivity index (χ0) is 20.5. The highest BCUT2D eigenvalue weighted by molar-refractivity contribution is 7.80. The van der Waals surface area contributed by atoms with Gasteiger partial charge in [0.2, 0.25) is 0 Å². The number of hydrogen-bond donors (Lipinski definition) is 1. The third-order valence-electron chi connectivity index (χ3n) is 6.29. The number of anilines is 1. The standard InChI is InChI=1S/C24H25FN4S/c25-18-11-4-5-13-20(18)29-23(22(27-24(29)30)19-12-6-7-15-26-19)21-14-8-16-28(21)17-9-2-1-3-10-17/h4-8,11-17,22-23H,1-3,9-10H2,(H,27,30)/t22-,23+/m1/s1. The van der Waals surface area contributed by atoms with Gasteiger partial charge in [-0.2, -0.15) is 0 Å². The SMILES string of the molecule is Fc1ccccc1N1C(=S)N[C@H](c2ccccn2)[C@@H]1c1cccn1C1CCCCC1. The lowest BCUT2D eigenvalue weighted by atomic mass is 9.94. The summed E-state index contributed by atoms with van der Waals surface area (Å²) in [6, 6.07) is 17.1. The Morgan fingerprint density at radius 1 is 0.967 bits per heavy atom. The van der Waals surface area contributed by atoms with Crippen molar-refractivity contribution in [2.75, 3.05) is 4.90 Å². The topological polar surface area (TPSA) is 33.1 Å². The van der Waals surface area contributed by atoms with Gasteiger partial charge < -0.3 is 14.8 Å². The van der Waals surface area contributed by atoms with Crippen LogP contribution in [0.4, 0.5) is 10.1 Å². The first-order valence-electron chi connectivity index (χ1n) is 10.7. The fourth-order valence-corrected chi connectivity index (χ4v) is 5.25. The number of thiocarbonyl (C=S) groups is 1. The van der Waals surface area contributed by atoms with Crippen LogP contribution in [0, 0.1) is 5.82 Å². The number of rotatable bonds is 4. The van der Waals surface area contributed by atoms with Gasteiger partial charge in [0.15, 0.2) is 5.11 Å². The smallest absolute Gasteiger partial charge is 0.174 e. The minimum atomic E-state index is -0.274. The summed E-state index contributed by atoms with van der Waals surface area (Å²) >= 11 is 5.72. The van der Waals surface area contributed by atoms with Gasteiger partial charge >= 0.3 is 0 Å². The van der Waals surface area contributed by atoms with E-state index in [1.165, 1.54) is 38.2 Å². The summed E-state index contributed by atoms with van der Waals surface area (Å²) in [5.41, 5.74) is 2.54. The molecule has 1 aromatic carbocycles. The molecule has 1 saturated heterocycles. The fourth-order valence-electron chi connectivity index (χ4n) is 4.91. The van der Waals surface area contributed by atoms with Gasteiger partial charge in [-0.25, -0.2) is 4.39 Å².